The maximum Gasteiger partial charge on any atom is 0.326 e. The van der Waals surface area contributed by atoms with Gasteiger partial charge in [-0.3, -0.25) is 4.79 Å². The van der Waals surface area contributed by atoms with E-state index in [4.69, 9.17) is 5.11 Å². The Morgan fingerprint density at radius 3 is 2.00 bits per heavy atom. The molecule has 18 heavy (non-hydrogen) atoms. The fourth-order valence-electron chi connectivity index (χ4n) is 2.80. The van der Waals surface area contributed by atoms with Crippen LogP contribution < -0.4 is 5.32 Å². The lowest BCUT2D eigenvalue weighted by molar-refractivity contribution is -0.143. The Kier molecular flexibility index (Phi) is 4.61. The van der Waals surface area contributed by atoms with Gasteiger partial charge in [0.1, 0.15) is 6.04 Å². The SMILES string of the molecule is O=C(NC(C(=O)O)C1CC1)C1CCCCCCC1. The Balaban J connectivity index is 1.86. The van der Waals surface area contributed by atoms with Gasteiger partial charge in [-0.1, -0.05) is 32.1 Å². The van der Waals surface area contributed by atoms with E-state index in [-0.39, 0.29) is 17.7 Å². The third-order valence-corrected chi connectivity index (χ3v) is 4.13. The van der Waals surface area contributed by atoms with Crippen LogP contribution in [0.1, 0.15) is 57.8 Å². The molecule has 1 unspecified atom stereocenters. The molecule has 2 rings (SSSR count). The van der Waals surface area contributed by atoms with Crippen LogP contribution >= 0.6 is 0 Å². The topological polar surface area (TPSA) is 66.4 Å². The van der Waals surface area contributed by atoms with E-state index in [1.54, 1.807) is 0 Å². The minimum absolute atomic E-state index is 0.0313. The van der Waals surface area contributed by atoms with Crippen molar-refractivity contribution < 1.29 is 14.7 Å². The second kappa shape index (κ2) is 6.21. The van der Waals surface area contributed by atoms with Gasteiger partial charge < -0.3 is 10.4 Å². The zero-order valence-corrected chi connectivity index (χ0v) is 10.9. The first-order valence-electron chi connectivity index (χ1n) is 7.21. The average molecular weight is 253 g/mol. The minimum atomic E-state index is -0.878. The van der Waals surface area contributed by atoms with Crippen molar-refractivity contribution in [3.05, 3.63) is 0 Å². The van der Waals surface area contributed by atoms with Gasteiger partial charge in [0.2, 0.25) is 5.91 Å². The number of carbonyl (C=O) groups is 2. The highest BCUT2D eigenvalue weighted by Crippen LogP contribution is 2.33. The Bertz CT molecular complexity index is 304. The molecule has 0 radical (unpaired) electrons. The van der Waals surface area contributed by atoms with Crippen molar-refractivity contribution in [3.8, 4) is 0 Å². The summed E-state index contributed by atoms with van der Waals surface area (Å²) in [6, 6.07) is -0.650. The van der Waals surface area contributed by atoms with Crippen molar-refractivity contribution in [2.45, 2.75) is 63.8 Å². The van der Waals surface area contributed by atoms with Crippen molar-refractivity contribution in [2.24, 2.45) is 11.8 Å². The van der Waals surface area contributed by atoms with Gasteiger partial charge in [-0.2, -0.15) is 0 Å². The van der Waals surface area contributed by atoms with E-state index >= 15 is 0 Å². The zero-order chi connectivity index (χ0) is 13.0. The van der Waals surface area contributed by atoms with Crippen LogP contribution in [0.4, 0.5) is 0 Å². The molecule has 2 aliphatic carbocycles. The van der Waals surface area contributed by atoms with E-state index in [1.807, 2.05) is 0 Å². The zero-order valence-electron chi connectivity index (χ0n) is 10.9. The first-order chi connectivity index (χ1) is 8.68. The van der Waals surface area contributed by atoms with Gasteiger partial charge in [-0.15, -0.1) is 0 Å². The van der Waals surface area contributed by atoms with Crippen LogP contribution in [0.2, 0.25) is 0 Å². The predicted molar refractivity (Wildman–Crippen MR) is 68.1 cm³/mol. The van der Waals surface area contributed by atoms with Crippen LogP contribution in [-0.2, 0) is 9.59 Å². The van der Waals surface area contributed by atoms with Crippen molar-refractivity contribution in [1.82, 2.24) is 5.32 Å². The van der Waals surface area contributed by atoms with Crippen molar-refractivity contribution in [3.63, 3.8) is 0 Å². The number of carbonyl (C=O) groups excluding carboxylic acids is 1. The third kappa shape index (κ3) is 3.72. The molecule has 4 heteroatoms. The smallest absolute Gasteiger partial charge is 0.326 e. The van der Waals surface area contributed by atoms with Crippen molar-refractivity contribution in [1.29, 1.82) is 0 Å². The van der Waals surface area contributed by atoms with E-state index < -0.39 is 12.0 Å². The summed E-state index contributed by atoms with van der Waals surface area (Å²) in [6.07, 6.45) is 9.58. The molecule has 0 aromatic carbocycles. The summed E-state index contributed by atoms with van der Waals surface area (Å²) < 4.78 is 0. The van der Waals surface area contributed by atoms with E-state index in [1.165, 1.54) is 19.3 Å². The largest absolute Gasteiger partial charge is 0.480 e. The Morgan fingerprint density at radius 2 is 1.50 bits per heavy atom. The predicted octanol–water partition coefficient (Wildman–Crippen LogP) is 2.33. The summed E-state index contributed by atoms with van der Waals surface area (Å²) in [5.74, 6) is -0.709. The normalized spacial score (nSPS) is 23.8. The fraction of sp³-hybridized carbons (Fsp3) is 0.857. The van der Waals surface area contributed by atoms with Crippen LogP contribution in [0.25, 0.3) is 0 Å². The number of nitrogens with one attached hydrogen (secondary N) is 1. The molecule has 102 valence electrons. The van der Waals surface area contributed by atoms with Gasteiger partial charge in [0.05, 0.1) is 0 Å². The van der Waals surface area contributed by atoms with E-state index in [0.717, 1.165) is 38.5 Å². The molecule has 2 saturated carbocycles. The van der Waals surface area contributed by atoms with Gasteiger partial charge >= 0.3 is 5.97 Å². The molecule has 2 aliphatic rings. The van der Waals surface area contributed by atoms with Crippen LogP contribution in [0, 0.1) is 11.8 Å². The molecule has 2 N–H and O–H groups in total. The molecule has 0 spiro atoms. The van der Waals surface area contributed by atoms with Gasteiger partial charge in [0, 0.05) is 5.92 Å². The summed E-state index contributed by atoms with van der Waals surface area (Å²) in [7, 11) is 0. The Morgan fingerprint density at radius 1 is 0.944 bits per heavy atom. The van der Waals surface area contributed by atoms with E-state index in [9.17, 15) is 9.59 Å². The molecule has 0 aromatic rings. The average Bonchev–Trinajstić information content (AvgIpc) is 3.08. The molecule has 2 fully saturated rings. The summed E-state index contributed by atoms with van der Waals surface area (Å²) in [5.41, 5.74) is 0. The molecule has 0 bridgehead atoms. The second-order valence-electron chi connectivity index (χ2n) is 5.70. The monoisotopic (exact) mass is 253 g/mol. The first-order valence-corrected chi connectivity index (χ1v) is 7.21. The highest BCUT2D eigenvalue weighted by molar-refractivity contribution is 5.85. The van der Waals surface area contributed by atoms with Crippen LogP contribution in [0.3, 0.4) is 0 Å². The number of carboxylic acid groups (broad SMARTS) is 1. The summed E-state index contributed by atoms with van der Waals surface area (Å²) in [6.45, 7) is 0. The lowest BCUT2D eigenvalue weighted by Crippen LogP contribution is -2.45. The number of hydrogen-bond acceptors (Lipinski definition) is 2. The number of rotatable bonds is 4. The van der Waals surface area contributed by atoms with Gasteiger partial charge in [-0.25, -0.2) is 4.79 Å². The van der Waals surface area contributed by atoms with Crippen LogP contribution in [-0.4, -0.2) is 23.0 Å². The third-order valence-electron chi connectivity index (χ3n) is 4.13. The van der Waals surface area contributed by atoms with E-state index in [2.05, 4.69) is 5.32 Å². The number of carboxylic acids is 1. The number of amides is 1. The Labute approximate surface area is 108 Å². The highest BCUT2D eigenvalue weighted by Gasteiger charge is 2.38. The lowest BCUT2D eigenvalue weighted by Gasteiger charge is -2.21. The van der Waals surface area contributed by atoms with E-state index in [0.29, 0.717) is 0 Å². The van der Waals surface area contributed by atoms with Crippen LogP contribution in [0.5, 0.6) is 0 Å². The van der Waals surface area contributed by atoms with Gasteiger partial charge in [-0.05, 0) is 31.6 Å². The maximum atomic E-state index is 12.1. The van der Waals surface area contributed by atoms with Crippen molar-refractivity contribution in [2.75, 3.05) is 0 Å². The van der Waals surface area contributed by atoms with Crippen LogP contribution in [0.15, 0.2) is 0 Å². The number of hydrogen-bond donors (Lipinski definition) is 2. The van der Waals surface area contributed by atoms with Gasteiger partial charge in [0.15, 0.2) is 0 Å². The first kappa shape index (κ1) is 13.4. The summed E-state index contributed by atoms with van der Waals surface area (Å²) in [5, 5.41) is 11.9. The lowest BCUT2D eigenvalue weighted by atomic mass is 9.90. The van der Waals surface area contributed by atoms with Crippen molar-refractivity contribution >= 4 is 11.9 Å². The number of aliphatic carboxylic acids is 1. The minimum Gasteiger partial charge on any atom is -0.480 e. The molecule has 1 amide bonds. The molecule has 4 nitrogen and oxygen atoms in total. The molecule has 0 heterocycles. The Hall–Kier alpha value is -1.06. The van der Waals surface area contributed by atoms with Gasteiger partial charge in [0.25, 0.3) is 0 Å². The molecule has 1 atom stereocenters. The molecular weight excluding hydrogens is 230 g/mol. The molecule has 0 aliphatic heterocycles. The molecule has 0 saturated heterocycles. The fourth-order valence-corrected chi connectivity index (χ4v) is 2.80. The summed E-state index contributed by atoms with van der Waals surface area (Å²) in [4.78, 5) is 23.2. The molecular formula is C14H23NO3. The quantitative estimate of drug-likeness (QED) is 0.808. The maximum absolute atomic E-state index is 12.1. The molecule has 0 aromatic heterocycles. The standard InChI is InChI=1S/C14H23NO3/c16-13(11-6-4-2-1-3-5-7-11)15-12(14(17)18)10-8-9-10/h10-12H,1-9H2,(H,15,16)(H,17,18). The second-order valence-corrected chi connectivity index (χ2v) is 5.70. The summed E-state index contributed by atoms with van der Waals surface area (Å²) >= 11 is 0. The highest BCUT2D eigenvalue weighted by atomic mass is 16.4.